The molecule has 0 amide bonds. The van der Waals surface area contributed by atoms with Crippen LogP contribution in [0.5, 0.6) is 0 Å². The largest absolute Gasteiger partial charge is 0.310 e. The second-order valence-corrected chi connectivity index (χ2v) is 3.39. The lowest BCUT2D eigenvalue weighted by Gasteiger charge is -2.28. The van der Waals surface area contributed by atoms with Crippen molar-refractivity contribution < 1.29 is 0 Å². The second-order valence-electron chi connectivity index (χ2n) is 3.39. The van der Waals surface area contributed by atoms with Crippen LogP contribution in [0.1, 0.15) is 30.5 Å². The Morgan fingerprint density at radius 2 is 1.92 bits per heavy atom. The predicted molar refractivity (Wildman–Crippen MR) is 58.4 cm³/mol. The molecule has 13 heavy (non-hydrogen) atoms. The van der Waals surface area contributed by atoms with Gasteiger partial charge in [0.2, 0.25) is 0 Å². The Hall–Kier alpha value is -0.530. The molecule has 0 radical (unpaired) electrons. The van der Waals surface area contributed by atoms with Crippen LogP contribution >= 0.6 is 12.4 Å². The Bertz CT molecular complexity index is 251. The van der Waals surface area contributed by atoms with Crippen LogP contribution in [0.4, 0.5) is 0 Å². The third-order valence-electron chi connectivity index (χ3n) is 2.61. The minimum Gasteiger partial charge on any atom is -0.310 e. The van der Waals surface area contributed by atoms with Gasteiger partial charge in [0.25, 0.3) is 0 Å². The summed E-state index contributed by atoms with van der Waals surface area (Å²) in [6, 6.07) is 9.59. The van der Waals surface area contributed by atoms with E-state index < -0.39 is 0 Å². The molecule has 1 aromatic carbocycles. The van der Waals surface area contributed by atoms with Crippen LogP contribution in [-0.4, -0.2) is 6.54 Å². The van der Waals surface area contributed by atoms with Crippen LogP contribution in [0.3, 0.4) is 0 Å². The molecule has 1 aromatic rings. The maximum Gasteiger partial charge on any atom is 0.0332 e. The van der Waals surface area contributed by atoms with Crippen LogP contribution in [0.25, 0.3) is 0 Å². The topological polar surface area (TPSA) is 12.0 Å². The summed E-state index contributed by atoms with van der Waals surface area (Å²) >= 11 is 0. The first kappa shape index (κ1) is 10.6. The first-order valence-electron chi connectivity index (χ1n) is 4.72. The molecule has 72 valence electrons. The van der Waals surface area contributed by atoms with E-state index in [0.717, 1.165) is 6.42 Å². The Balaban J connectivity index is 0.000000845. The number of benzene rings is 1. The normalized spacial score (nSPS) is 20.2. The van der Waals surface area contributed by atoms with Gasteiger partial charge in [-0.05, 0) is 30.5 Å². The summed E-state index contributed by atoms with van der Waals surface area (Å²) in [5, 5.41) is 3.40. The van der Waals surface area contributed by atoms with Crippen molar-refractivity contribution in [2.45, 2.75) is 25.8 Å². The molecule has 1 aliphatic heterocycles. The third-order valence-corrected chi connectivity index (χ3v) is 2.61. The van der Waals surface area contributed by atoms with Crippen molar-refractivity contribution in [3.05, 3.63) is 35.4 Å². The number of halogens is 1. The summed E-state index contributed by atoms with van der Waals surface area (Å²) < 4.78 is 0. The van der Waals surface area contributed by atoms with Crippen molar-refractivity contribution in [2.75, 3.05) is 6.54 Å². The van der Waals surface area contributed by atoms with Crippen molar-refractivity contribution >= 4 is 12.4 Å². The van der Waals surface area contributed by atoms with Crippen LogP contribution in [0.15, 0.2) is 24.3 Å². The number of nitrogens with one attached hydrogen (secondary N) is 1. The smallest absolute Gasteiger partial charge is 0.0332 e. The summed E-state index contributed by atoms with van der Waals surface area (Å²) in [7, 11) is 0. The van der Waals surface area contributed by atoms with E-state index >= 15 is 0 Å². The van der Waals surface area contributed by atoms with Gasteiger partial charge in [-0.25, -0.2) is 0 Å². The standard InChI is InChI=1S/C11H15N.ClH/c1-2-9-3-5-10(6-4-9)11-7-8-12-11;/h3-6,11-12H,2,7-8H2,1H3;1H/t11-;/m0./s1. The first-order chi connectivity index (χ1) is 5.90. The quantitative estimate of drug-likeness (QED) is 0.769. The van der Waals surface area contributed by atoms with E-state index in [2.05, 4.69) is 36.5 Å². The molecule has 1 fully saturated rings. The highest BCUT2D eigenvalue weighted by molar-refractivity contribution is 5.85. The van der Waals surface area contributed by atoms with E-state index in [-0.39, 0.29) is 12.4 Å². The van der Waals surface area contributed by atoms with Crippen molar-refractivity contribution in [3.63, 3.8) is 0 Å². The van der Waals surface area contributed by atoms with Crippen LogP contribution in [0.2, 0.25) is 0 Å². The van der Waals surface area contributed by atoms with E-state index in [1.54, 1.807) is 0 Å². The molecule has 0 aromatic heterocycles. The molecular weight excluding hydrogens is 182 g/mol. The van der Waals surface area contributed by atoms with Gasteiger partial charge in [-0.1, -0.05) is 31.2 Å². The lowest BCUT2D eigenvalue weighted by molar-refractivity contribution is 0.383. The van der Waals surface area contributed by atoms with Gasteiger partial charge in [-0.2, -0.15) is 0 Å². The van der Waals surface area contributed by atoms with E-state index in [4.69, 9.17) is 0 Å². The summed E-state index contributed by atoms with van der Waals surface area (Å²) in [6.45, 7) is 3.37. The van der Waals surface area contributed by atoms with Gasteiger partial charge in [0.15, 0.2) is 0 Å². The lowest BCUT2D eigenvalue weighted by Crippen LogP contribution is -2.34. The maximum atomic E-state index is 3.40. The monoisotopic (exact) mass is 197 g/mol. The van der Waals surface area contributed by atoms with Gasteiger partial charge >= 0.3 is 0 Å². The van der Waals surface area contributed by atoms with Gasteiger partial charge in [0.05, 0.1) is 0 Å². The molecule has 1 aliphatic rings. The second kappa shape index (κ2) is 4.64. The molecule has 1 heterocycles. The molecule has 0 saturated carbocycles. The zero-order valence-electron chi connectivity index (χ0n) is 7.92. The van der Waals surface area contributed by atoms with Crippen molar-refractivity contribution in [1.29, 1.82) is 0 Å². The Morgan fingerprint density at radius 3 is 2.31 bits per heavy atom. The van der Waals surface area contributed by atoms with E-state index in [1.165, 1.54) is 24.1 Å². The highest BCUT2D eigenvalue weighted by atomic mass is 35.5. The summed E-state index contributed by atoms with van der Waals surface area (Å²) in [4.78, 5) is 0. The van der Waals surface area contributed by atoms with Gasteiger partial charge in [0.1, 0.15) is 0 Å². The zero-order valence-corrected chi connectivity index (χ0v) is 8.73. The molecule has 2 heteroatoms. The Morgan fingerprint density at radius 1 is 1.31 bits per heavy atom. The van der Waals surface area contributed by atoms with Crippen molar-refractivity contribution in [3.8, 4) is 0 Å². The Kier molecular flexibility index (Phi) is 3.76. The predicted octanol–water partition coefficient (Wildman–Crippen LogP) is 2.71. The van der Waals surface area contributed by atoms with E-state index in [9.17, 15) is 0 Å². The SMILES string of the molecule is CCc1ccc([C@@H]2CCN2)cc1.Cl. The molecule has 0 bridgehead atoms. The molecule has 0 aliphatic carbocycles. The number of rotatable bonds is 2. The third kappa shape index (κ3) is 2.23. The molecule has 1 N–H and O–H groups in total. The molecule has 2 rings (SSSR count). The molecule has 1 saturated heterocycles. The summed E-state index contributed by atoms with van der Waals surface area (Å²) in [5.41, 5.74) is 2.87. The van der Waals surface area contributed by atoms with Gasteiger partial charge in [-0.3, -0.25) is 0 Å². The van der Waals surface area contributed by atoms with Crippen LogP contribution < -0.4 is 5.32 Å². The number of aryl methyl sites for hydroxylation is 1. The molecule has 0 unspecified atom stereocenters. The van der Waals surface area contributed by atoms with Crippen molar-refractivity contribution in [1.82, 2.24) is 5.32 Å². The fraction of sp³-hybridized carbons (Fsp3) is 0.455. The van der Waals surface area contributed by atoms with Crippen molar-refractivity contribution in [2.24, 2.45) is 0 Å². The number of hydrogen-bond donors (Lipinski definition) is 1. The average molecular weight is 198 g/mol. The zero-order chi connectivity index (χ0) is 8.39. The van der Waals surface area contributed by atoms with Crippen LogP contribution in [-0.2, 0) is 6.42 Å². The molecule has 1 atom stereocenters. The van der Waals surface area contributed by atoms with E-state index in [0.29, 0.717) is 6.04 Å². The number of hydrogen-bond acceptors (Lipinski definition) is 1. The molecular formula is C11H16ClN. The summed E-state index contributed by atoms with van der Waals surface area (Å²) in [5.74, 6) is 0. The minimum absolute atomic E-state index is 0. The van der Waals surface area contributed by atoms with Gasteiger partial charge < -0.3 is 5.32 Å². The fourth-order valence-corrected chi connectivity index (χ4v) is 1.56. The van der Waals surface area contributed by atoms with Crippen LogP contribution in [0, 0.1) is 0 Å². The Labute approximate surface area is 86.0 Å². The highest BCUT2D eigenvalue weighted by Gasteiger charge is 2.17. The van der Waals surface area contributed by atoms with Gasteiger partial charge in [0, 0.05) is 6.04 Å². The summed E-state index contributed by atoms with van der Waals surface area (Å²) in [6.07, 6.45) is 2.43. The average Bonchev–Trinajstić information content (AvgIpc) is 2.03. The highest BCUT2D eigenvalue weighted by Crippen LogP contribution is 2.22. The first-order valence-corrected chi connectivity index (χ1v) is 4.72. The molecule has 1 nitrogen and oxygen atoms in total. The molecule has 0 spiro atoms. The lowest BCUT2D eigenvalue weighted by atomic mass is 9.97. The van der Waals surface area contributed by atoms with E-state index in [1.807, 2.05) is 0 Å². The van der Waals surface area contributed by atoms with Gasteiger partial charge in [-0.15, -0.1) is 12.4 Å². The maximum absolute atomic E-state index is 3.40. The fourth-order valence-electron chi connectivity index (χ4n) is 1.56. The minimum atomic E-state index is 0.